The van der Waals surface area contributed by atoms with E-state index >= 15 is 0 Å². The van der Waals surface area contributed by atoms with Gasteiger partial charge in [0.2, 0.25) is 0 Å². The Kier molecular flexibility index (Phi) is 6.91. The van der Waals surface area contributed by atoms with Crippen LogP contribution in [0.4, 0.5) is 28.4 Å². The summed E-state index contributed by atoms with van der Waals surface area (Å²) in [6.07, 6.45) is 0.902. The van der Waals surface area contributed by atoms with Crippen molar-refractivity contribution in [3.63, 3.8) is 0 Å². The molecule has 188 valence electrons. The van der Waals surface area contributed by atoms with Crippen LogP contribution >= 0.6 is 11.8 Å². The Balaban J connectivity index is 1.27. The maximum Gasteiger partial charge on any atom is 0.150 e. The number of carbonyl (C=O) groups excluding carboxylic acids is 1. The van der Waals surface area contributed by atoms with Crippen LogP contribution in [0.2, 0.25) is 0 Å². The van der Waals surface area contributed by atoms with Crippen LogP contribution in [0, 0.1) is 11.8 Å². The van der Waals surface area contributed by atoms with Gasteiger partial charge in [-0.25, -0.2) is 0 Å². The van der Waals surface area contributed by atoms with Crippen molar-refractivity contribution in [2.24, 2.45) is 0 Å². The summed E-state index contributed by atoms with van der Waals surface area (Å²) in [5.41, 5.74) is 8.22. The standard InChI is InChI=1S/C35H26N2OS/c1-2-36-32-21-17-27(23-34(32)39-35-24-28(25-38)18-22-33(35)36)14-13-26-15-19-31(20-16-26)37(29-9-5-3-6-10-29)30-11-7-4-8-12-30/h3-12,15-25H,2H2,1H3. The summed E-state index contributed by atoms with van der Waals surface area (Å²) in [7, 11) is 0. The number of rotatable bonds is 5. The number of aldehydes is 1. The first-order valence-corrected chi connectivity index (χ1v) is 13.8. The van der Waals surface area contributed by atoms with Crippen LogP contribution < -0.4 is 9.80 Å². The molecule has 0 N–H and O–H groups in total. The maximum absolute atomic E-state index is 11.3. The number of fused-ring (bicyclic) bond motifs is 2. The van der Waals surface area contributed by atoms with Crippen LogP contribution in [0.15, 0.2) is 131 Å². The van der Waals surface area contributed by atoms with Crippen LogP contribution in [0.5, 0.6) is 0 Å². The molecule has 0 fully saturated rings. The van der Waals surface area contributed by atoms with Gasteiger partial charge in [-0.2, -0.15) is 0 Å². The Morgan fingerprint density at radius 1 is 0.667 bits per heavy atom. The lowest BCUT2D eigenvalue weighted by molar-refractivity contribution is 0.112. The number of anilines is 5. The van der Waals surface area contributed by atoms with Crippen LogP contribution in [-0.4, -0.2) is 12.8 Å². The van der Waals surface area contributed by atoms with Crippen molar-refractivity contribution in [2.75, 3.05) is 16.3 Å². The molecule has 39 heavy (non-hydrogen) atoms. The van der Waals surface area contributed by atoms with Crippen LogP contribution in [0.3, 0.4) is 0 Å². The lowest BCUT2D eigenvalue weighted by Gasteiger charge is -2.32. The summed E-state index contributed by atoms with van der Waals surface area (Å²) >= 11 is 1.69. The van der Waals surface area contributed by atoms with Gasteiger partial charge < -0.3 is 9.80 Å². The van der Waals surface area contributed by atoms with Crippen molar-refractivity contribution in [1.29, 1.82) is 0 Å². The summed E-state index contributed by atoms with van der Waals surface area (Å²) in [6, 6.07) is 41.4. The van der Waals surface area contributed by atoms with Crippen molar-refractivity contribution >= 4 is 46.5 Å². The number of para-hydroxylation sites is 2. The zero-order valence-corrected chi connectivity index (χ0v) is 22.4. The number of hydrogen-bond donors (Lipinski definition) is 0. The number of benzene rings is 5. The van der Waals surface area contributed by atoms with E-state index < -0.39 is 0 Å². The fraction of sp³-hybridized carbons (Fsp3) is 0.0571. The van der Waals surface area contributed by atoms with Gasteiger partial charge in [0, 0.05) is 50.1 Å². The molecule has 3 nitrogen and oxygen atoms in total. The van der Waals surface area contributed by atoms with Gasteiger partial charge in [0.15, 0.2) is 0 Å². The summed E-state index contributed by atoms with van der Waals surface area (Å²) < 4.78 is 0. The number of nitrogens with zero attached hydrogens (tertiary/aromatic N) is 2. The quantitative estimate of drug-likeness (QED) is 0.170. The van der Waals surface area contributed by atoms with Crippen molar-refractivity contribution in [3.8, 4) is 11.8 Å². The zero-order valence-electron chi connectivity index (χ0n) is 21.5. The highest BCUT2D eigenvalue weighted by Crippen LogP contribution is 2.48. The molecular formula is C35H26N2OS. The minimum absolute atomic E-state index is 0.693. The van der Waals surface area contributed by atoms with E-state index in [2.05, 4.69) is 120 Å². The highest BCUT2D eigenvalue weighted by atomic mass is 32.2. The third-order valence-corrected chi connectivity index (χ3v) is 7.80. The second-order valence-electron chi connectivity index (χ2n) is 9.18. The Hall–Kier alpha value is -4.72. The largest absolute Gasteiger partial charge is 0.340 e. The lowest BCUT2D eigenvalue weighted by atomic mass is 10.1. The molecule has 0 radical (unpaired) electrons. The summed E-state index contributed by atoms with van der Waals surface area (Å²) in [5.74, 6) is 6.69. The van der Waals surface area contributed by atoms with Gasteiger partial charge in [0.05, 0.1) is 11.4 Å². The molecule has 0 unspecified atom stereocenters. The van der Waals surface area contributed by atoms with Gasteiger partial charge in [0.25, 0.3) is 0 Å². The SMILES string of the molecule is CCN1c2ccc(C#Cc3ccc(N(c4ccccc4)c4ccccc4)cc3)cc2Sc2cc(C=O)ccc21. The van der Waals surface area contributed by atoms with E-state index in [-0.39, 0.29) is 0 Å². The van der Waals surface area contributed by atoms with Gasteiger partial charge in [-0.1, -0.05) is 60.0 Å². The van der Waals surface area contributed by atoms with Gasteiger partial charge in [-0.3, -0.25) is 4.79 Å². The Bertz CT molecular complexity index is 1650. The third-order valence-electron chi connectivity index (χ3n) is 6.70. The van der Waals surface area contributed by atoms with E-state index in [4.69, 9.17) is 0 Å². The number of hydrogen-bond acceptors (Lipinski definition) is 4. The zero-order chi connectivity index (χ0) is 26.6. The van der Waals surface area contributed by atoms with Gasteiger partial charge >= 0.3 is 0 Å². The predicted octanol–water partition coefficient (Wildman–Crippen LogP) is 8.99. The summed E-state index contributed by atoms with van der Waals surface area (Å²) in [6.45, 7) is 2.99. The molecule has 0 spiro atoms. The average Bonchev–Trinajstić information content (AvgIpc) is 3.00. The van der Waals surface area contributed by atoms with E-state index in [9.17, 15) is 4.79 Å². The van der Waals surface area contributed by atoms with Crippen molar-refractivity contribution < 1.29 is 4.79 Å². The van der Waals surface area contributed by atoms with Crippen LogP contribution in [0.25, 0.3) is 0 Å². The van der Waals surface area contributed by atoms with E-state index in [0.29, 0.717) is 5.56 Å². The molecule has 0 amide bonds. The van der Waals surface area contributed by atoms with E-state index in [1.165, 1.54) is 5.69 Å². The lowest BCUT2D eigenvalue weighted by Crippen LogP contribution is -2.20. The molecule has 4 heteroatoms. The molecule has 0 atom stereocenters. The molecule has 0 saturated heterocycles. The molecular weight excluding hydrogens is 496 g/mol. The molecule has 5 aromatic carbocycles. The maximum atomic E-state index is 11.3. The first-order valence-electron chi connectivity index (χ1n) is 12.9. The second-order valence-corrected chi connectivity index (χ2v) is 10.3. The van der Waals surface area contributed by atoms with Gasteiger partial charge in [0.1, 0.15) is 6.29 Å². The van der Waals surface area contributed by atoms with E-state index in [0.717, 1.165) is 56.5 Å². The fourth-order valence-corrected chi connectivity index (χ4v) is 6.02. The Labute approximate surface area is 233 Å². The van der Waals surface area contributed by atoms with Gasteiger partial charge in [-0.05, 0) is 91.9 Å². The Morgan fingerprint density at radius 2 is 1.21 bits per heavy atom. The normalized spacial score (nSPS) is 11.6. The third kappa shape index (κ3) is 5.05. The molecule has 1 heterocycles. The molecule has 1 aliphatic rings. The van der Waals surface area contributed by atoms with Crippen molar-refractivity contribution in [3.05, 3.63) is 138 Å². The monoisotopic (exact) mass is 522 g/mol. The fourth-order valence-electron chi connectivity index (χ4n) is 4.83. The first-order chi connectivity index (χ1) is 19.2. The molecule has 0 aromatic heterocycles. The molecule has 0 saturated carbocycles. The smallest absolute Gasteiger partial charge is 0.150 e. The highest BCUT2D eigenvalue weighted by molar-refractivity contribution is 7.99. The minimum Gasteiger partial charge on any atom is -0.340 e. The molecule has 1 aliphatic heterocycles. The highest BCUT2D eigenvalue weighted by Gasteiger charge is 2.22. The second kappa shape index (κ2) is 10.9. The molecule has 0 bridgehead atoms. The predicted molar refractivity (Wildman–Crippen MR) is 162 cm³/mol. The summed E-state index contributed by atoms with van der Waals surface area (Å²) in [4.78, 5) is 18.1. The van der Waals surface area contributed by atoms with Crippen molar-refractivity contribution in [2.45, 2.75) is 16.7 Å². The topological polar surface area (TPSA) is 23.6 Å². The Morgan fingerprint density at radius 3 is 1.82 bits per heavy atom. The molecule has 0 aliphatic carbocycles. The minimum atomic E-state index is 0.693. The number of carbonyl (C=O) groups is 1. The molecule has 6 rings (SSSR count). The first kappa shape index (κ1) is 24.6. The van der Waals surface area contributed by atoms with Crippen LogP contribution in [-0.2, 0) is 0 Å². The van der Waals surface area contributed by atoms with E-state index in [1.54, 1.807) is 11.8 Å². The molecule has 5 aromatic rings. The van der Waals surface area contributed by atoms with Gasteiger partial charge in [-0.15, -0.1) is 0 Å². The van der Waals surface area contributed by atoms with Crippen molar-refractivity contribution in [1.82, 2.24) is 0 Å². The summed E-state index contributed by atoms with van der Waals surface area (Å²) in [5, 5.41) is 0. The average molecular weight is 523 g/mol. The van der Waals surface area contributed by atoms with E-state index in [1.807, 2.05) is 30.3 Å². The van der Waals surface area contributed by atoms with Crippen LogP contribution in [0.1, 0.15) is 28.4 Å².